The molecule has 2 heterocycles. The maximum absolute atomic E-state index is 11.9. The van der Waals surface area contributed by atoms with Crippen LogP contribution in [-0.4, -0.2) is 40.0 Å². The van der Waals surface area contributed by atoms with Crippen molar-refractivity contribution in [3.63, 3.8) is 0 Å². The number of nitrogens with zero attached hydrogens (tertiary/aromatic N) is 3. The fourth-order valence-corrected chi connectivity index (χ4v) is 2.93. The van der Waals surface area contributed by atoms with Gasteiger partial charge in [0.2, 0.25) is 0 Å². The molecular formula is C18H25N5O2. The number of carbonyl (C=O) groups is 1. The van der Waals surface area contributed by atoms with E-state index in [9.17, 15) is 4.79 Å². The topological polar surface area (TPSA) is 81.1 Å². The lowest BCUT2D eigenvalue weighted by Crippen LogP contribution is -2.41. The fourth-order valence-electron chi connectivity index (χ4n) is 2.93. The second-order valence-corrected chi connectivity index (χ2v) is 6.37. The predicted octanol–water partition coefficient (Wildman–Crippen LogP) is 1.84. The van der Waals surface area contributed by atoms with E-state index in [1.54, 1.807) is 0 Å². The average molecular weight is 343 g/mol. The van der Waals surface area contributed by atoms with Crippen LogP contribution in [0.15, 0.2) is 24.3 Å². The quantitative estimate of drug-likeness (QED) is 0.804. The van der Waals surface area contributed by atoms with E-state index in [2.05, 4.69) is 25.4 Å². The number of amides is 2. The first kappa shape index (κ1) is 17.3. The summed E-state index contributed by atoms with van der Waals surface area (Å²) in [5.74, 6) is 2.85. The Balaban J connectivity index is 1.36. The van der Waals surface area contributed by atoms with Crippen molar-refractivity contribution >= 4 is 6.03 Å². The molecule has 1 aliphatic rings. The van der Waals surface area contributed by atoms with Crippen LogP contribution in [-0.2, 0) is 19.4 Å². The van der Waals surface area contributed by atoms with E-state index in [0.29, 0.717) is 19.5 Å². The van der Waals surface area contributed by atoms with Gasteiger partial charge in [0, 0.05) is 25.9 Å². The molecule has 7 nitrogen and oxygen atoms in total. The van der Waals surface area contributed by atoms with Gasteiger partial charge in [0.15, 0.2) is 0 Å². The molecule has 0 saturated carbocycles. The Bertz CT molecular complexity index is 728. The highest BCUT2D eigenvalue weighted by Crippen LogP contribution is 2.17. The number of hydrogen-bond donors (Lipinski definition) is 2. The summed E-state index contributed by atoms with van der Waals surface area (Å²) in [5.41, 5.74) is 1.08. The lowest BCUT2D eigenvalue weighted by molar-refractivity contribution is 0.207. The Morgan fingerprint density at radius 3 is 3.00 bits per heavy atom. The van der Waals surface area contributed by atoms with Crippen LogP contribution in [0.5, 0.6) is 5.75 Å². The minimum absolute atomic E-state index is 0.105. The predicted molar refractivity (Wildman–Crippen MR) is 94.7 cm³/mol. The van der Waals surface area contributed by atoms with Gasteiger partial charge in [-0.05, 0) is 31.9 Å². The minimum atomic E-state index is -0.193. The lowest BCUT2D eigenvalue weighted by atomic mass is 10.2. The van der Waals surface area contributed by atoms with E-state index in [4.69, 9.17) is 4.74 Å². The number of benzene rings is 1. The number of aryl methyl sites for hydroxylation is 2. The molecule has 1 aromatic heterocycles. The van der Waals surface area contributed by atoms with Crippen molar-refractivity contribution in [2.24, 2.45) is 0 Å². The summed E-state index contributed by atoms with van der Waals surface area (Å²) in [7, 11) is 0. The van der Waals surface area contributed by atoms with E-state index in [-0.39, 0.29) is 12.1 Å². The number of carbonyl (C=O) groups excluding carboxylic acids is 1. The van der Waals surface area contributed by atoms with Gasteiger partial charge in [-0.15, -0.1) is 10.2 Å². The molecule has 0 radical (unpaired) electrons. The van der Waals surface area contributed by atoms with E-state index in [0.717, 1.165) is 42.3 Å². The van der Waals surface area contributed by atoms with Crippen LogP contribution in [0.3, 0.4) is 0 Å². The number of rotatable bonds is 7. The van der Waals surface area contributed by atoms with Gasteiger partial charge in [-0.3, -0.25) is 0 Å². The minimum Gasteiger partial charge on any atom is -0.489 e. The standard InChI is InChI=1S/C18H25N5O2/c1-13-6-3-4-7-15(13)25-14(2)12-20-18(24)19-10-9-17-22-21-16-8-5-11-23(16)17/h3-4,6-7,14H,5,8-12H2,1-2H3,(H2,19,20,24). The third-order valence-electron chi connectivity index (χ3n) is 4.29. The average Bonchev–Trinajstić information content (AvgIpc) is 3.20. The second kappa shape index (κ2) is 8.00. The SMILES string of the molecule is Cc1ccccc1OC(C)CNC(=O)NCCc1nnc2n1CCC2. The molecular weight excluding hydrogens is 318 g/mol. The van der Waals surface area contributed by atoms with Gasteiger partial charge in [0.1, 0.15) is 23.5 Å². The van der Waals surface area contributed by atoms with Gasteiger partial charge >= 0.3 is 6.03 Å². The van der Waals surface area contributed by atoms with Gasteiger partial charge in [-0.25, -0.2) is 4.79 Å². The van der Waals surface area contributed by atoms with Crippen molar-refractivity contribution in [2.45, 2.75) is 45.8 Å². The molecule has 0 aliphatic carbocycles. The number of ether oxygens (including phenoxy) is 1. The lowest BCUT2D eigenvalue weighted by Gasteiger charge is -2.17. The largest absolute Gasteiger partial charge is 0.489 e. The first-order valence-corrected chi connectivity index (χ1v) is 8.78. The molecule has 0 saturated heterocycles. The van der Waals surface area contributed by atoms with E-state index >= 15 is 0 Å². The van der Waals surface area contributed by atoms with Gasteiger partial charge < -0.3 is 19.9 Å². The van der Waals surface area contributed by atoms with Crippen molar-refractivity contribution in [3.05, 3.63) is 41.5 Å². The van der Waals surface area contributed by atoms with Crippen LogP contribution < -0.4 is 15.4 Å². The molecule has 0 bridgehead atoms. The smallest absolute Gasteiger partial charge is 0.314 e. The van der Waals surface area contributed by atoms with Crippen molar-refractivity contribution in [2.75, 3.05) is 13.1 Å². The zero-order valence-electron chi connectivity index (χ0n) is 14.8. The summed E-state index contributed by atoms with van der Waals surface area (Å²) < 4.78 is 8.00. The number of urea groups is 1. The Hall–Kier alpha value is -2.57. The molecule has 7 heteroatoms. The fraction of sp³-hybridized carbons (Fsp3) is 0.500. The summed E-state index contributed by atoms with van der Waals surface area (Å²) in [6, 6.07) is 7.66. The Labute approximate surface area is 147 Å². The van der Waals surface area contributed by atoms with Crippen LogP contribution in [0.4, 0.5) is 4.79 Å². The van der Waals surface area contributed by atoms with Crippen LogP contribution >= 0.6 is 0 Å². The summed E-state index contributed by atoms with van der Waals surface area (Å²) in [5, 5.41) is 14.0. The number of nitrogens with one attached hydrogen (secondary N) is 2. The van der Waals surface area contributed by atoms with E-state index in [1.165, 1.54) is 0 Å². The van der Waals surface area contributed by atoms with Crippen molar-refractivity contribution in [1.29, 1.82) is 0 Å². The molecule has 1 aliphatic heterocycles. The molecule has 1 atom stereocenters. The number of fused-ring (bicyclic) bond motifs is 1. The molecule has 1 aromatic carbocycles. The van der Waals surface area contributed by atoms with Gasteiger partial charge in [0.25, 0.3) is 0 Å². The third-order valence-corrected chi connectivity index (χ3v) is 4.29. The zero-order chi connectivity index (χ0) is 17.6. The summed E-state index contributed by atoms with van der Waals surface area (Å²) >= 11 is 0. The summed E-state index contributed by atoms with van der Waals surface area (Å²) in [6.45, 7) is 5.91. The number of para-hydroxylation sites is 1. The summed E-state index contributed by atoms with van der Waals surface area (Å²) in [4.78, 5) is 11.9. The highest BCUT2D eigenvalue weighted by molar-refractivity contribution is 5.73. The van der Waals surface area contributed by atoms with E-state index < -0.39 is 0 Å². The van der Waals surface area contributed by atoms with Gasteiger partial charge in [-0.2, -0.15) is 0 Å². The highest BCUT2D eigenvalue weighted by atomic mass is 16.5. The highest BCUT2D eigenvalue weighted by Gasteiger charge is 2.17. The number of hydrogen-bond acceptors (Lipinski definition) is 4. The van der Waals surface area contributed by atoms with Crippen LogP contribution in [0, 0.1) is 6.92 Å². The maximum atomic E-state index is 11.9. The zero-order valence-corrected chi connectivity index (χ0v) is 14.8. The molecule has 2 aromatic rings. The molecule has 2 N–H and O–H groups in total. The first-order valence-electron chi connectivity index (χ1n) is 8.78. The third kappa shape index (κ3) is 4.49. The van der Waals surface area contributed by atoms with Crippen LogP contribution in [0.2, 0.25) is 0 Å². The second-order valence-electron chi connectivity index (χ2n) is 6.37. The Morgan fingerprint density at radius 1 is 1.32 bits per heavy atom. The van der Waals surface area contributed by atoms with Crippen LogP contribution in [0.1, 0.15) is 30.6 Å². The van der Waals surface area contributed by atoms with Gasteiger partial charge in [0.05, 0.1) is 6.54 Å². The normalized spacial score (nSPS) is 14.0. The molecule has 0 fully saturated rings. The monoisotopic (exact) mass is 343 g/mol. The maximum Gasteiger partial charge on any atom is 0.314 e. The molecule has 134 valence electrons. The van der Waals surface area contributed by atoms with Crippen LogP contribution in [0.25, 0.3) is 0 Å². The Kier molecular flexibility index (Phi) is 5.53. The van der Waals surface area contributed by atoms with Crippen molar-refractivity contribution in [3.8, 4) is 5.75 Å². The Morgan fingerprint density at radius 2 is 2.16 bits per heavy atom. The van der Waals surface area contributed by atoms with E-state index in [1.807, 2.05) is 38.1 Å². The van der Waals surface area contributed by atoms with Crippen molar-refractivity contribution < 1.29 is 9.53 Å². The van der Waals surface area contributed by atoms with Gasteiger partial charge in [-0.1, -0.05) is 18.2 Å². The van der Waals surface area contributed by atoms with Crippen molar-refractivity contribution in [1.82, 2.24) is 25.4 Å². The molecule has 25 heavy (non-hydrogen) atoms. The first-order chi connectivity index (χ1) is 12.1. The molecule has 3 rings (SSSR count). The summed E-state index contributed by atoms with van der Waals surface area (Å²) in [6.07, 6.45) is 2.71. The molecule has 2 amide bonds. The molecule has 0 spiro atoms. The molecule has 1 unspecified atom stereocenters. The number of aromatic nitrogens is 3.